The molecule has 1 N–H and O–H groups in total. The van der Waals surface area contributed by atoms with Crippen LogP contribution in [0.2, 0.25) is 10.0 Å². The van der Waals surface area contributed by atoms with Gasteiger partial charge in [-0.2, -0.15) is 0 Å². The van der Waals surface area contributed by atoms with Crippen molar-refractivity contribution >= 4 is 34.8 Å². The van der Waals surface area contributed by atoms with Gasteiger partial charge in [0.05, 0.1) is 10.0 Å². The summed E-state index contributed by atoms with van der Waals surface area (Å²) in [6.07, 6.45) is 0. The van der Waals surface area contributed by atoms with Gasteiger partial charge in [0.15, 0.2) is 0 Å². The molecule has 1 amide bonds. The fraction of sp³-hybridized carbons (Fsp3) is 0.238. The number of amides is 1. The van der Waals surface area contributed by atoms with Crippen molar-refractivity contribution < 1.29 is 14.4 Å². The average molecular weight is 432 g/mol. The zero-order valence-electron chi connectivity index (χ0n) is 15.7. The van der Waals surface area contributed by atoms with Gasteiger partial charge >= 0.3 is 0 Å². The molecule has 0 bridgehead atoms. The minimum atomic E-state index is -0.153. The number of aromatic hydroxyl groups is 1. The van der Waals surface area contributed by atoms with E-state index in [0.29, 0.717) is 58.8 Å². The first-order chi connectivity index (χ1) is 14.0. The summed E-state index contributed by atoms with van der Waals surface area (Å²) >= 11 is 12.6. The molecule has 0 atom stereocenters. The molecule has 1 aliphatic rings. The average Bonchev–Trinajstić information content (AvgIpc) is 3.09. The maximum Gasteiger partial charge on any atom is 0.259 e. The summed E-state index contributed by atoms with van der Waals surface area (Å²) in [6, 6.07) is 12.2. The van der Waals surface area contributed by atoms with Crippen LogP contribution in [0.5, 0.6) is 5.75 Å². The van der Waals surface area contributed by atoms with Crippen LogP contribution in [-0.4, -0.2) is 47.2 Å². The highest BCUT2D eigenvalue weighted by Gasteiger charge is 2.30. The van der Waals surface area contributed by atoms with E-state index in [0.717, 1.165) is 5.69 Å². The van der Waals surface area contributed by atoms with Crippen molar-refractivity contribution in [2.24, 2.45) is 0 Å². The maximum atomic E-state index is 13.3. The van der Waals surface area contributed by atoms with E-state index in [1.807, 2.05) is 12.1 Å². The Morgan fingerprint density at radius 2 is 1.66 bits per heavy atom. The lowest BCUT2D eigenvalue weighted by Crippen LogP contribution is -2.49. The van der Waals surface area contributed by atoms with Gasteiger partial charge in [0.1, 0.15) is 22.8 Å². The number of rotatable bonds is 3. The maximum absolute atomic E-state index is 13.3. The molecule has 29 heavy (non-hydrogen) atoms. The monoisotopic (exact) mass is 431 g/mol. The van der Waals surface area contributed by atoms with Crippen LogP contribution in [0.4, 0.5) is 5.69 Å². The Bertz CT molecular complexity index is 1020. The standard InChI is InChI=1S/C21H19Cl2N3O3/c1-13-18(20(24-29-13)19-16(22)3-2-4-17(19)23)21(28)26-11-9-25(10-12-26)14-5-7-15(27)8-6-14/h2-8,27H,9-12H2,1H3. The number of nitrogens with zero attached hydrogens (tertiary/aromatic N) is 3. The van der Waals surface area contributed by atoms with Crippen LogP contribution in [-0.2, 0) is 0 Å². The van der Waals surface area contributed by atoms with Gasteiger partial charge in [-0.05, 0) is 43.3 Å². The van der Waals surface area contributed by atoms with Crippen LogP contribution < -0.4 is 4.90 Å². The largest absolute Gasteiger partial charge is 0.508 e. The van der Waals surface area contributed by atoms with Crippen LogP contribution in [0.15, 0.2) is 47.0 Å². The van der Waals surface area contributed by atoms with E-state index in [4.69, 9.17) is 27.7 Å². The number of anilines is 1. The lowest BCUT2D eigenvalue weighted by atomic mass is 10.0. The quantitative estimate of drug-likeness (QED) is 0.654. The van der Waals surface area contributed by atoms with Crippen molar-refractivity contribution in [3.05, 3.63) is 63.8 Å². The molecule has 1 aliphatic heterocycles. The lowest BCUT2D eigenvalue weighted by molar-refractivity contribution is 0.0745. The van der Waals surface area contributed by atoms with Crippen molar-refractivity contribution in [3.63, 3.8) is 0 Å². The summed E-state index contributed by atoms with van der Waals surface area (Å²) in [5.74, 6) is 0.512. The number of carbonyl (C=O) groups is 1. The number of aromatic nitrogens is 1. The molecule has 1 aromatic heterocycles. The normalized spacial score (nSPS) is 14.3. The van der Waals surface area contributed by atoms with Crippen molar-refractivity contribution in [3.8, 4) is 17.0 Å². The molecule has 0 unspecified atom stereocenters. The molecule has 0 spiro atoms. The van der Waals surface area contributed by atoms with E-state index in [-0.39, 0.29) is 11.7 Å². The third kappa shape index (κ3) is 3.78. The molecule has 2 heterocycles. The molecule has 1 fully saturated rings. The van der Waals surface area contributed by atoms with Gasteiger partial charge in [-0.25, -0.2) is 0 Å². The SMILES string of the molecule is Cc1onc(-c2c(Cl)cccc2Cl)c1C(=O)N1CCN(c2ccc(O)cc2)CC1. The molecule has 8 heteroatoms. The minimum absolute atomic E-state index is 0.153. The van der Waals surface area contributed by atoms with Gasteiger partial charge in [-0.3, -0.25) is 4.79 Å². The number of phenols is 1. The second kappa shape index (κ2) is 7.97. The molecule has 3 aromatic rings. The molecule has 6 nitrogen and oxygen atoms in total. The Hall–Kier alpha value is -2.70. The summed E-state index contributed by atoms with van der Waals surface area (Å²) < 4.78 is 5.32. The number of phenolic OH excluding ortho intramolecular Hbond substituents is 1. The van der Waals surface area contributed by atoms with Crippen molar-refractivity contribution in [1.29, 1.82) is 0 Å². The Morgan fingerprint density at radius 3 is 2.28 bits per heavy atom. The smallest absolute Gasteiger partial charge is 0.259 e. The number of hydrogen-bond donors (Lipinski definition) is 1. The predicted octanol–water partition coefficient (Wildman–Crippen LogP) is 4.62. The van der Waals surface area contributed by atoms with Crippen molar-refractivity contribution in [2.45, 2.75) is 6.92 Å². The second-order valence-corrected chi connectivity index (χ2v) is 7.67. The number of aryl methyl sites for hydroxylation is 1. The molecule has 0 radical (unpaired) electrons. The first kappa shape index (κ1) is 19.6. The van der Waals surface area contributed by atoms with E-state index < -0.39 is 0 Å². The molecule has 4 rings (SSSR count). The lowest BCUT2D eigenvalue weighted by Gasteiger charge is -2.36. The molecule has 0 aliphatic carbocycles. The summed E-state index contributed by atoms with van der Waals surface area (Å²) in [4.78, 5) is 17.2. The van der Waals surface area contributed by atoms with E-state index in [1.165, 1.54) is 0 Å². The third-order valence-electron chi connectivity index (χ3n) is 5.06. The van der Waals surface area contributed by atoms with Crippen LogP contribution in [0, 0.1) is 6.92 Å². The Labute approximate surface area is 178 Å². The predicted molar refractivity (Wildman–Crippen MR) is 113 cm³/mol. The molecular formula is C21H19Cl2N3O3. The van der Waals surface area contributed by atoms with Crippen LogP contribution >= 0.6 is 23.2 Å². The number of piperazine rings is 1. The molecule has 150 valence electrons. The Kier molecular flexibility index (Phi) is 5.39. The van der Waals surface area contributed by atoms with Gasteiger partial charge in [0.2, 0.25) is 0 Å². The van der Waals surface area contributed by atoms with Crippen molar-refractivity contribution in [1.82, 2.24) is 10.1 Å². The van der Waals surface area contributed by atoms with Gasteiger partial charge in [-0.1, -0.05) is 34.4 Å². The number of halogens is 2. The highest BCUT2D eigenvalue weighted by Crippen LogP contribution is 2.37. The number of hydrogen-bond acceptors (Lipinski definition) is 5. The summed E-state index contributed by atoms with van der Waals surface area (Å²) in [5.41, 5.74) is 2.26. The molecule has 0 saturated carbocycles. The van der Waals surface area contributed by atoms with Crippen LogP contribution in [0.25, 0.3) is 11.3 Å². The van der Waals surface area contributed by atoms with Crippen LogP contribution in [0.3, 0.4) is 0 Å². The molecule has 1 saturated heterocycles. The Morgan fingerprint density at radius 1 is 1.03 bits per heavy atom. The fourth-order valence-electron chi connectivity index (χ4n) is 3.51. The van der Waals surface area contributed by atoms with Crippen LogP contribution in [0.1, 0.15) is 16.1 Å². The minimum Gasteiger partial charge on any atom is -0.508 e. The highest BCUT2D eigenvalue weighted by atomic mass is 35.5. The highest BCUT2D eigenvalue weighted by molar-refractivity contribution is 6.39. The van der Waals surface area contributed by atoms with E-state index in [9.17, 15) is 9.90 Å². The summed E-state index contributed by atoms with van der Waals surface area (Å²) in [7, 11) is 0. The molecular weight excluding hydrogens is 413 g/mol. The van der Waals surface area contributed by atoms with Gasteiger partial charge in [-0.15, -0.1) is 0 Å². The fourth-order valence-corrected chi connectivity index (χ4v) is 4.08. The first-order valence-electron chi connectivity index (χ1n) is 9.19. The van der Waals surface area contributed by atoms with Gasteiger partial charge in [0, 0.05) is 37.4 Å². The zero-order valence-corrected chi connectivity index (χ0v) is 17.2. The molecule has 2 aromatic carbocycles. The van der Waals surface area contributed by atoms with Gasteiger partial charge < -0.3 is 19.4 Å². The number of carbonyl (C=O) groups excluding carboxylic acids is 1. The first-order valence-corrected chi connectivity index (χ1v) is 9.95. The second-order valence-electron chi connectivity index (χ2n) is 6.85. The van der Waals surface area contributed by atoms with E-state index >= 15 is 0 Å². The third-order valence-corrected chi connectivity index (χ3v) is 5.69. The van der Waals surface area contributed by atoms with Crippen molar-refractivity contribution in [2.75, 3.05) is 31.1 Å². The summed E-state index contributed by atoms with van der Waals surface area (Å²) in [6.45, 7) is 4.19. The van der Waals surface area contributed by atoms with Gasteiger partial charge in [0.25, 0.3) is 5.91 Å². The number of benzene rings is 2. The Balaban J connectivity index is 1.56. The zero-order chi connectivity index (χ0) is 20.5. The summed E-state index contributed by atoms with van der Waals surface area (Å²) in [5, 5.41) is 14.4. The topological polar surface area (TPSA) is 69.8 Å². The van der Waals surface area contributed by atoms with E-state index in [2.05, 4.69) is 10.1 Å². The van der Waals surface area contributed by atoms with E-state index in [1.54, 1.807) is 42.2 Å².